The van der Waals surface area contributed by atoms with E-state index in [1.165, 1.54) is 29.5 Å². The lowest BCUT2D eigenvalue weighted by Gasteiger charge is -2.11. The Morgan fingerprint density at radius 2 is 2.15 bits per heavy atom. The van der Waals surface area contributed by atoms with Crippen molar-refractivity contribution in [1.82, 2.24) is 9.97 Å². The van der Waals surface area contributed by atoms with Gasteiger partial charge in [0.2, 0.25) is 0 Å². The zero-order chi connectivity index (χ0) is 18.8. The number of hydrogen-bond acceptors (Lipinski definition) is 4. The second-order valence-corrected chi connectivity index (χ2v) is 6.82. The molecule has 0 spiro atoms. The largest absolute Gasteiger partial charge is 0.485 e. The molecule has 8 heteroatoms. The van der Waals surface area contributed by atoms with Crippen molar-refractivity contribution in [3.8, 4) is 5.75 Å². The molecular formula is C19H13ClFN3O2S. The molecule has 0 radical (unpaired) electrons. The predicted molar refractivity (Wildman–Crippen MR) is 104 cm³/mol. The van der Waals surface area contributed by atoms with Gasteiger partial charge in [0, 0.05) is 16.3 Å². The number of aromatic amines is 1. The van der Waals surface area contributed by atoms with Crippen LogP contribution in [0, 0.1) is 5.82 Å². The highest BCUT2D eigenvalue weighted by atomic mass is 35.5. The summed E-state index contributed by atoms with van der Waals surface area (Å²) in [6.45, 7) is 0.294. The van der Waals surface area contributed by atoms with E-state index in [0.717, 1.165) is 5.69 Å². The summed E-state index contributed by atoms with van der Waals surface area (Å²) in [4.78, 5) is 19.8. The van der Waals surface area contributed by atoms with Crippen LogP contribution in [0.2, 0.25) is 5.02 Å². The SMILES string of the molecule is O=C(Nc1ccccc1OCc1cscn1)c1[nH]c2ccc(F)cc2c1Cl. The molecule has 0 bridgehead atoms. The summed E-state index contributed by atoms with van der Waals surface area (Å²) in [5.74, 6) is -0.352. The third-order valence-corrected chi connectivity index (χ3v) is 4.95. The number of fused-ring (bicyclic) bond motifs is 1. The number of rotatable bonds is 5. The summed E-state index contributed by atoms with van der Waals surface area (Å²) in [7, 11) is 0. The molecule has 0 aliphatic heterocycles. The quantitative estimate of drug-likeness (QED) is 0.480. The number of nitrogens with one attached hydrogen (secondary N) is 2. The highest BCUT2D eigenvalue weighted by molar-refractivity contribution is 7.07. The molecule has 1 amide bonds. The van der Waals surface area contributed by atoms with Crippen LogP contribution in [0.25, 0.3) is 10.9 Å². The zero-order valence-corrected chi connectivity index (χ0v) is 15.4. The number of aromatic nitrogens is 2. The van der Waals surface area contributed by atoms with E-state index in [9.17, 15) is 9.18 Å². The van der Waals surface area contributed by atoms with Gasteiger partial charge in [0.25, 0.3) is 5.91 Å². The average molecular weight is 402 g/mol. The average Bonchev–Trinajstić information content (AvgIpc) is 3.29. The van der Waals surface area contributed by atoms with Crippen LogP contribution < -0.4 is 10.1 Å². The minimum atomic E-state index is -0.443. The van der Waals surface area contributed by atoms with Crippen LogP contribution in [0.4, 0.5) is 10.1 Å². The smallest absolute Gasteiger partial charge is 0.273 e. The number of anilines is 1. The van der Waals surface area contributed by atoms with E-state index in [1.807, 2.05) is 11.4 Å². The highest BCUT2D eigenvalue weighted by Gasteiger charge is 2.18. The summed E-state index contributed by atoms with van der Waals surface area (Å²) in [6, 6.07) is 11.2. The van der Waals surface area contributed by atoms with E-state index in [4.69, 9.17) is 16.3 Å². The third kappa shape index (κ3) is 3.65. The van der Waals surface area contributed by atoms with Crippen molar-refractivity contribution in [3.63, 3.8) is 0 Å². The molecule has 2 N–H and O–H groups in total. The summed E-state index contributed by atoms with van der Waals surface area (Å²) in [6.07, 6.45) is 0. The van der Waals surface area contributed by atoms with Crippen LogP contribution in [0.5, 0.6) is 5.75 Å². The van der Waals surface area contributed by atoms with Crippen molar-refractivity contribution in [2.24, 2.45) is 0 Å². The normalized spacial score (nSPS) is 10.9. The number of para-hydroxylation sites is 2. The number of H-pyrrole nitrogens is 1. The van der Waals surface area contributed by atoms with Gasteiger partial charge in [0.1, 0.15) is 23.9 Å². The molecule has 0 aliphatic rings. The Kier molecular flexibility index (Phi) is 4.79. The number of carbonyl (C=O) groups is 1. The third-order valence-electron chi connectivity index (χ3n) is 3.92. The van der Waals surface area contributed by atoms with E-state index in [-0.39, 0.29) is 10.7 Å². The molecule has 0 atom stereocenters. The van der Waals surface area contributed by atoms with Gasteiger partial charge in [-0.25, -0.2) is 9.37 Å². The Bertz CT molecular complexity index is 1110. The zero-order valence-electron chi connectivity index (χ0n) is 13.8. The molecule has 5 nitrogen and oxygen atoms in total. The number of halogens is 2. The van der Waals surface area contributed by atoms with Gasteiger partial charge >= 0.3 is 0 Å². The van der Waals surface area contributed by atoms with Crippen LogP contribution >= 0.6 is 22.9 Å². The molecule has 4 aromatic rings. The Hall–Kier alpha value is -2.90. The van der Waals surface area contributed by atoms with Gasteiger partial charge in [0.05, 0.1) is 21.9 Å². The second kappa shape index (κ2) is 7.38. The maximum absolute atomic E-state index is 13.4. The van der Waals surface area contributed by atoms with Gasteiger partial charge in [-0.15, -0.1) is 11.3 Å². The first-order valence-electron chi connectivity index (χ1n) is 7.99. The van der Waals surface area contributed by atoms with E-state index in [0.29, 0.717) is 28.9 Å². The standard InChI is InChI=1S/C19H13ClFN3O2S/c20-17-13-7-11(21)5-6-14(13)23-18(17)19(25)24-15-3-1-2-4-16(15)26-8-12-9-27-10-22-12/h1-7,9-10,23H,8H2,(H,24,25). The number of ether oxygens (including phenoxy) is 1. The molecule has 27 heavy (non-hydrogen) atoms. The molecule has 2 heterocycles. The number of benzene rings is 2. The van der Waals surface area contributed by atoms with Crippen molar-refractivity contribution in [3.05, 3.63) is 75.6 Å². The van der Waals surface area contributed by atoms with E-state index in [1.54, 1.807) is 23.7 Å². The van der Waals surface area contributed by atoms with Crippen LogP contribution in [0.1, 0.15) is 16.2 Å². The minimum absolute atomic E-state index is 0.159. The molecule has 0 unspecified atom stereocenters. The van der Waals surface area contributed by atoms with Crippen LogP contribution in [0.15, 0.2) is 53.4 Å². The Balaban J connectivity index is 1.57. The van der Waals surface area contributed by atoms with E-state index in [2.05, 4.69) is 15.3 Å². The van der Waals surface area contributed by atoms with Crippen molar-refractivity contribution < 1.29 is 13.9 Å². The summed E-state index contributed by atoms with van der Waals surface area (Å²) >= 11 is 7.75. The van der Waals surface area contributed by atoms with Gasteiger partial charge in [-0.2, -0.15) is 0 Å². The molecule has 2 aromatic carbocycles. The van der Waals surface area contributed by atoms with Crippen LogP contribution in [-0.2, 0) is 6.61 Å². The van der Waals surface area contributed by atoms with Gasteiger partial charge in [-0.3, -0.25) is 4.79 Å². The predicted octanol–water partition coefficient (Wildman–Crippen LogP) is 5.25. The summed E-state index contributed by atoms with van der Waals surface area (Å²) in [5, 5.41) is 5.30. The Labute approximate surface area is 162 Å². The number of thiazole rings is 1. The Morgan fingerprint density at radius 3 is 2.96 bits per heavy atom. The monoisotopic (exact) mass is 401 g/mol. The Morgan fingerprint density at radius 1 is 1.30 bits per heavy atom. The molecule has 2 aromatic heterocycles. The second-order valence-electron chi connectivity index (χ2n) is 5.72. The topological polar surface area (TPSA) is 67.0 Å². The maximum Gasteiger partial charge on any atom is 0.273 e. The van der Waals surface area contributed by atoms with Crippen molar-refractivity contribution in [2.45, 2.75) is 6.61 Å². The number of amides is 1. The number of hydrogen-bond donors (Lipinski definition) is 2. The lowest BCUT2D eigenvalue weighted by molar-refractivity contribution is 0.102. The fourth-order valence-electron chi connectivity index (χ4n) is 2.63. The van der Waals surface area contributed by atoms with Gasteiger partial charge in [0.15, 0.2) is 0 Å². The lowest BCUT2D eigenvalue weighted by Crippen LogP contribution is -2.13. The van der Waals surface area contributed by atoms with Gasteiger partial charge < -0.3 is 15.0 Å². The van der Waals surface area contributed by atoms with Crippen molar-refractivity contribution in [1.29, 1.82) is 0 Å². The van der Waals surface area contributed by atoms with E-state index < -0.39 is 11.7 Å². The fourth-order valence-corrected chi connectivity index (χ4v) is 3.46. The van der Waals surface area contributed by atoms with Gasteiger partial charge in [-0.05, 0) is 30.3 Å². The first kappa shape index (κ1) is 17.5. The molecule has 0 saturated heterocycles. The molecule has 0 fully saturated rings. The minimum Gasteiger partial charge on any atom is -0.485 e. The fraction of sp³-hybridized carbons (Fsp3) is 0.0526. The number of carbonyl (C=O) groups excluding carboxylic acids is 1. The first-order chi connectivity index (χ1) is 13.1. The molecule has 4 rings (SSSR count). The highest BCUT2D eigenvalue weighted by Crippen LogP contribution is 2.30. The van der Waals surface area contributed by atoms with Crippen molar-refractivity contribution >= 4 is 45.4 Å². The van der Waals surface area contributed by atoms with Crippen LogP contribution in [0.3, 0.4) is 0 Å². The molecular weight excluding hydrogens is 389 g/mol. The van der Waals surface area contributed by atoms with Gasteiger partial charge in [-0.1, -0.05) is 23.7 Å². The summed E-state index contributed by atoms with van der Waals surface area (Å²) in [5.41, 5.74) is 3.78. The first-order valence-corrected chi connectivity index (χ1v) is 9.31. The summed E-state index contributed by atoms with van der Waals surface area (Å²) < 4.78 is 19.2. The lowest BCUT2D eigenvalue weighted by atomic mass is 10.2. The molecule has 0 saturated carbocycles. The molecule has 136 valence electrons. The van der Waals surface area contributed by atoms with Crippen molar-refractivity contribution in [2.75, 3.05) is 5.32 Å². The maximum atomic E-state index is 13.4. The molecule has 0 aliphatic carbocycles. The van der Waals surface area contributed by atoms with E-state index >= 15 is 0 Å². The number of nitrogens with zero attached hydrogens (tertiary/aromatic N) is 1. The van der Waals surface area contributed by atoms with Crippen LogP contribution in [-0.4, -0.2) is 15.9 Å².